The van der Waals surface area contributed by atoms with Crippen molar-refractivity contribution in [2.45, 2.75) is 19.6 Å². The van der Waals surface area contributed by atoms with Crippen LogP contribution in [0.1, 0.15) is 21.5 Å². The van der Waals surface area contributed by atoms with Gasteiger partial charge in [0.2, 0.25) is 10.0 Å². The molecule has 0 saturated heterocycles. The molecule has 3 aromatic rings. The summed E-state index contributed by atoms with van der Waals surface area (Å²) >= 11 is 0. The summed E-state index contributed by atoms with van der Waals surface area (Å²) in [6, 6.07) is 21.6. The fraction of sp³-hybridized carbons (Fsp3) is 0.240. The van der Waals surface area contributed by atoms with E-state index in [1.165, 1.54) is 10.6 Å². The monoisotopic (exact) mass is 466 g/mol. The molecule has 0 saturated carbocycles. The third kappa shape index (κ3) is 5.46. The fourth-order valence-electron chi connectivity index (χ4n) is 3.59. The average molecular weight is 467 g/mol. The molecule has 0 fully saturated rings. The number of nitrogens with zero attached hydrogens (tertiary/aromatic N) is 1. The highest BCUT2D eigenvalue weighted by atomic mass is 32.2. The van der Waals surface area contributed by atoms with E-state index in [9.17, 15) is 13.2 Å². The molecule has 1 atom stereocenters. The zero-order chi connectivity index (χ0) is 23.4. The second kappa shape index (κ2) is 9.54. The second-order valence-corrected chi connectivity index (χ2v) is 9.86. The molecule has 3 aromatic carbocycles. The lowest BCUT2D eigenvalue weighted by Gasteiger charge is -2.26. The van der Waals surface area contributed by atoms with Gasteiger partial charge in [-0.15, -0.1) is 0 Å². The maximum absolute atomic E-state index is 12.6. The number of ether oxygens (including phenoxy) is 2. The van der Waals surface area contributed by atoms with E-state index in [1.807, 2.05) is 55.5 Å². The smallest absolute Gasteiger partial charge is 0.251 e. The Kier molecular flexibility index (Phi) is 6.55. The first kappa shape index (κ1) is 22.7. The van der Waals surface area contributed by atoms with Crippen molar-refractivity contribution in [3.8, 4) is 11.5 Å². The van der Waals surface area contributed by atoms with Crippen LogP contribution in [-0.4, -0.2) is 39.8 Å². The predicted octanol–water partition coefficient (Wildman–Crippen LogP) is 3.53. The normalized spacial score (nSPS) is 15.0. The molecule has 8 heteroatoms. The summed E-state index contributed by atoms with van der Waals surface area (Å²) in [6.07, 6.45) is 0.883. The number of hydrogen-bond acceptors (Lipinski definition) is 5. The van der Waals surface area contributed by atoms with Crippen LogP contribution in [0.15, 0.2) is 72.8 Å². The Balaban J connectivity index is 1.41. The molecule has 172 valence electrons. The van der Waals surface area contributed by atoms with E-state index in [1.54, 1.807) is 24.3 Å². The summed E-state index contributed by atoms with van der Waals surface area (Å²) in [5.41, 5.74) is 2.86. The van der Waals surface area contributed by atoms with Crippen LogP contribution in [0.2, 0.25) is 0 Å². The fourth-order valence-corrected chi connectivity index (χ4v) is 4.47. The van der Waals surface area contributed by atoms with Crippen LogP contribution in [0.25, 0.3) is 0 Å². The number of sulfonamides is 1. The van der Waals surface area contributed by atoms with Crippen LogP contribution in [-0.2, 0) is 16.6 Å². The highest BCUT2D eigenvalue weighted by Crippen LogP contribution is 2.30. The second-order valence-electron chi connectivity index (χ2n) is 7.95. The molecular weight excluding hydrogens is 440 g/mol. The van der Waals surface area contributed by atoms with Crippen LogP contribution in [0, 0.1) is 6.92 Å². The topological polar surface area (TPSA) is 84.9 Å². The highest BCUT2D eigenvalue weighted by Gasteiger charge is 2.22. The van der Waals surface area contributed by atoms with E-state index >= 15 is 0 Å². The van der Waals surface area contributed by atoms with Gasteiger partial charge in [0.1, 0.15) is 12.7 Å². The molecule has 1 aliphatic rings. The lowest BCUT2D eigenvalue weighted by Crippen LogP contribution is -2.40. The van der Waals surface area contributed by atoms with Gasteiger partial charge in [0.15, 0.2) is 11.5 Å². The molecule has 4 rings (SSSR count). The number of para-hydroxylation sites is 2. The summed E-state index contributed by atoms with van der Waals surface area (Å²) in [7, 11) is -3.51. The van der Waals surface area contributed by atoms with Crippen molar-refractivity contribution in [1.82, 2.24) is 5.32 Å². The van der Waals surface area contributed by atoms with Crippen LogP contribution in [0.5, 0.6) is 11.5 Å². The molecule has 1 amide bonds. The van der Waals surface area contributed by atoms with E-state index in [2.05, 4.69) is 5.32 Å². The van der Waals surface area contributed by atoms with Crippen molar-refractivity contribution in [2.24, 2.45) is 0 Å². The number of amides is 1. The molecule has 0 bridgehead atoms. The van der Waals surface area contributed by atoms with Crippen molar-refractivity contribution in [2.75, 3.05) is 23.7 Å². The van der Waals surface area contributed by atoms with Gasteiger partial charge in [-0.05, 0) is 54.4 Å². The van der Waals surface area contributed by atoms with Crippen LogP contribution in [0.4, 0.5) is 5.69 Å². The standard InChI is InChI=1S/C25H26N2O5S/c1-18-7-3-4-8-20(18)16-27(33(2,29)30)21-13-11-19(12-14-21)25(28)26-15-22-17-31-23-9-5-6-10-24(23)32-22/h3-14,22H,15-17H2,1-2H3,(H,26,28)/t22-/m0/s1. The molecule has 33 heavy (non-hydrogen) atoms. The van der Waals surface area contributed by atoms with Gasteiger partial charge in [0, 0.05) is 5.56 Å². The minimum atomic E-state index is -3.51. The van der Waals surface area contributed by atoms with Crippen molar-refractivity contribution < 1.29 is 22.7 Å². The van der Waals surface area contributed by atoms with Crippen LogP contribution < -0.4 is 19.1 Å². The molecule has 0 aromatic heterocycles. The summed E-state index contributed by atoms with van der Waals surface area (Å²) in [4.78, 5) is 12.6. The largest absolute Gasteiger partial charge is 0.486 e. The van der Waals surface area contributed by atoms with Crippen molar-refractivity contribution in [3.05, 3.63) is 89.5 Å². The predicted molar refractivity (Wildman–Crippen MR) is 127 cm³/mol. The molecule has 1 heterocycles. The van der Waals surface area contributed by atoms with Gasteiger partial charge in [-0.3, -0.25) is 9.10 Å². The maximum Gasteiger partial charge on any atom is 0.251 e. The number of anilines is 1. The summed E-state index contributed by atoms with van der Waals surface area (Å²) in [6.45, 7) is 2.80. The van der Waals surface area contributed by atoms with E-state index in [0.29, 0.717) is 29.4 Å². The molecule has 0 aliphatic carbocycles. The number of fused-ring (bicyclic) bond motifs is 1. The number of aryl methyl sites for hydroxylation is 1. The third-order valence-corrected chi connectivity index (χ3v) is 6.59. The van der Waals surface area contributed by atoms with Crippen molar-refractivity contribution >= 4 is 21.6 Å². The minimum Gasteiger partial charge on any atom is -0.486 e. The number of benzene rings is 3. The number of hydrogen-bond donors (Lipinski definition) is 1. The Morgan fingerprint density at radius 2 is 1.67 bits per heavy atom. The molecule has 1 N–H and O–H groups in total. The first-order valence-corrected chi connectivity index (χ1v) is 12.4. The van der Waals surface area contributed by atoms with Gasteiger partial charge in [-0.25, -0.2) is 8.42 Å². The quantitative estimate of drug-likeness (QED) is 0.576. The molecule has 7 nitrogen and oxygen atoms in total. The number of rotatable bonds is 7. The molecule has 0 radical (unpaired) electrons. The Morgan fingerprint density at radius 1 is 1.00 bits per heavy atom. The SMILES string of the molecule is Cc1ccccc1CN(c1ccc(C(=O)NC[C@H]2COc3ccccc3O2)cc1)S(C)(=O)=O. The summed E-state index contributed by atoms with van der Waals surface area (Å²) < 4.78 is 37.8. The first-order valence-electron chi connectivity index (χ1n) is 10.6. The minimum absolute atomic E-state index is 0.220. The molecule has 0 spiro atoms. The zero-order valence-corrected chi connectivity index (χ0v) is 19.3. The Labute approximate surface area is 194 Å². The molecule has 1 aliphatic heterocycles. The van der Waals surface area contributed by atoms with Crippen molar-refractivity contribution in [3.63, 3.8) is 0 Å². The first-order chi connectivity index (χ1) is 15.8. The maximum atomic E-state index is 12.6. The molecular formula is C25H26N2O5S. The van der Waals surface area contributed by atoms with Gasteiger partial charge in [-0.1, -0.05) is 36.4 Å². The van der Waals surface area contributed by atoms with E-state index in [4.69, 9.17) is 9.47 Å². The average Bonchev–Trinajstić information content (AvgIpc) is 2.81. The van der Waals surface area contributed by atoms with E-state index in [0.717, 1.165) is 11.1 Å². The summed E-state index contributed by atoms with van der Waals surface area (Å²) in [5.74, 6) is 1.08. The number of carbonyl (C=O) groups is 1. The summed E-state index contributed by atoms with van der Waals surface area (Å²) in [5, 5.41) is 2.85. The van der Waals surface area contributed by atoms with Crippen LogP contribution in [0.3, 0.4) is 0 Å². The van der Waals surface area contributed by atoms with Gasteiger partial charge >= 0.3 is 0 Å². The van der Waals surface area contributed by atoms with E-state index < -0.39 is 10.0 Å². The lowest BCUT2D eigenvalue weighted by atomic mass is 10.1. The van der Waals surface area contributed by atoms with Crippen LogP contribution >= 0.6 is 0 Å². The Bertz CT molecular complexity index is 1240. The number of carbonyl (C=O) groups excluding carboxylic acids is 1. The highest BCUT2D eigenvalue weighted by molar-refractivity contribution is 7.92. The third-order valence-electron chi connectivity index (χ3n) is 5.45. The van der Waals surface area contributed by atoms with Gasteiger partial charge in [-0.2, -0.15) is 0 Å². The number of nitrogens with one attached hydrogen (secondary N) is 1. The zero-order valence-electron chi connectivity index (χ0n) is 18.5. The van der Waals surface area contributed by atoms with Gasteiger partial charge in [0.05, 0.1) is 25.0 Å². The van der Waals surface area contributed by atoms with Crippen molar-refractivity contribution in [1.29, 1.82) is 0 Å². The van der Waals surface area contributed by atoms with Gasteiger partial charge < -0.3 is 14.8 Å². The Morgan fingerprint density at radius 3 is 2.36 bits per heavy atom. The lowest BCUT2D eigenvalue weighted by molar-refractivity contribution is 0.0789. The Hall–Kier alpha value is -3.52. The molecule has 0 unspecified atom stereocenters. The van der Waals surface area contributed by atoms with E-state index in [-0.39, 0.29) is 25.1 Å². The van der Waals surface area contributed by atoms with Gasteiger partial charge in [0.25, 0.3) is 5.91 Å².